The number of hydrogen-bond acceptors (Lipinski definition) is 5. The van der Waals surface area contributed by atoms with Crippen molar-refractivity contribution < 1.29 is 10.2 Å². The molecule has 0 spiro atoms. The van der Waals surface area contributed by atoms with E-state index in [0.29, 0.717) is 24.1 Å². The van der Waals surface area contributed by atoms with Crippen LogP contribution >= 0.6 is 12.4 Å². The fourth-order valence-corrected chi connectivity index (χ4v) is 2.09. The Kier molecular flexibility index (Phi) is 6.15. The van der Waals surface area contributed by atoms with Gasteiger partial charge in [0.05, 0.1) is 11.8 Å². The maximum Gasteiger partial charge on any atom is 0.275 e. The van der Waals surface area contributed by atoms with Crippen LogP contribution in [0.1, 0.15) is 5.56 Å². The second-order valence-electron chi connectivity index (χ2n) is 4.70. The number of aromatic nitrogens is 3. The Bertz CT molecular complexity index is 594. The van der Waals surface area contributed by atoms with Crippen LogP contribution in [0.2, 0.25) is 0 Å². The molecule has 2 heterocycles. The van der Waals surface area contributed by atoms with Gasteiger partial charge in [-0.15, -0.1) is 12.4 Å². The number of nitrogens with zero attached hydrogens (tertiary/aromatic N) is 2. The minimum atomic E-state index is -0.192. The van der Waals surface area contributed by atoms with Crippen LogP contribution in [0.25, 0.3) is 11.0 Å². The lowest BCUT2D eigenvalue weighted by atomic mass is 10.1. The summed E-state index contributed by atoms with van der Waals surface area (Å²) in [5, 5.41) is 18.1. The van der Waals surface area contributed by atoms with Crippen molar-refractivity contribution >= 4 is 23.4 Å². The zero-order chi connectivity index (χ0) is 13.8. The summed E-state index contributed by atoms with van der Waals surface area (Å²) >= 11 is 0. The second-order valence-corrected chi connectivity index (χ2v) is 4.70. The van der Waals surface area contributed by atoms with Gasteiger partial charge in [0.2, 0.25) is 0 Å². The van der Waals surface area contributed by atoms with E-state index in [4.69, 9.17) is 10.2 Å². The Labute approximate surface area is 122 Å². The van der Waals surface area contributed by atoms with Crippen molar-refractivity contribution in [3.8, 4) is 0 Å². The van der Waals surface area contributed by atoms with Crippen molar-refractivity contribution in [2.24, 2.45) is 5.92 Å². The molecule has 0 amide bonds. The molecule has 0 unspecified atom stereocenters. The zero-order valence-electron chi connectivity index (χ0n) is 11.2. The van der Waals surface area contributed by atoms with Crippen molar-refractivity contribution in [1.82, 2.24) is 19.9 Å². The first kappa shape index (κ1) is 16.6. The summed E-state index contributed by atoms with van der Waals surface area (Å²) in [4.78, 5) is 23.1. The SMILES string of the molecule is CN(Cc1c[nH]c2c(=O)[nH]cnc12)CC(CO)CO.Cl. The molecule has 0 radical (unpaired) electrons. The quantitative estimate of drug-likeness (QED) is 0.587. The highest BCUT2D eigenvalue weighted by Crippen LogP contribution is 2.14. The normalized spacial score (nSPS) is 11.2. The van der Waals surface area contributed by atoms with Gasteiger partial charge in [-0.1, -0.05) is 0 Å². The summed E-state index contributed by atoms with van der Waals surface area (Å²) < 4.78 is 0. The molecule has 2 aromatic heterocycles. The number of rotatable bonds is 6. The van der Waals surface area contributed by atoms with Crippen molar-refractivity contribution in [1.29, 1.82) is 0 Å². The summed E-state index contributed by atoms with van der Waals surface area (Å²) in [6.07, 6.45) is 3.14. The van der Waals surface area contributed by atoms with E-state index < -0.39 is 0 Å². The molecule has 20 heavy (non-hydrogen) atoms. The monoisotopic (exact) mass is 302 g/mol. The van der Waals surface area contributed by atoms with Crippen molar-refractivity contribution in [2.75, 3.05) is 26.8 Å². The fourth-order valence-electron chi connectivity index (χ4n) is 2.09. The molecule has 0 aliphatic heterocycles. The highest BCUT2D eigenvalue weighted by molar-refractivity contribution is 5.85. The summed E-state index contributed by atoms with van der Waals surface area (Å²) in [6.45, 7) is 1.06. The smallest absolute Gasteiger partial charge is 0.275 e. The summed E-state index contributed by atoms with van der Waals surface area (Å²) in [5.41, 5.74) is 1.84. The van der Waals surface area contributed by atoms with Crippen LogP contribution in [-0.4, -0.2) is 56.9 Å². The van der Waals surface area contributed by atoms with Crippen LogP contribution < -0.4 is 5.56 Å². The van der Waals surface area contributed by atoms with Crippen molar-refractivity contribution in [3.63, 3.8) is 0 Å². The van der Waals surface area contributed by atoms with E-state index in [9.17, 15) is 4.79 Å². The Morgan fingerprint density at radius 3 is 2.70 bits per heavy atom. The molecule has 0 saturated carbocycles. The van der Waals surface area contributed by atoms with Crippen LogP contribution in [0, 0.1) is 5.92 Å². The van der Waals surface area contributed by atoms with Crippen LogP contribution in [0.15, 0.2) is 17.3 Å². The molecule has 0 atom stereocenters. The van der Waals surface area contributed by atoms with Crippen LogP contribution in [0.5, 0.6) is 0 Å². The molecule has 7 nitrogen and oxygen atoms in total. The number of nitrogens with one attached hydrogen (secondary N) is 2. The summed E-state index contributed by atoms with van der Waals surface area (Å²) in [7, 11) is 1.89. The summed E-state index contributed by atoms with van der Waals surface area (Å²) in [6, 6.07) is 0. The van der Waals surface area contributed by atoms with Crippen LogP contribution in [0.4, 0.5) is 0 Å². The molecule has 112 valence electrons. The van der Waals surface area contributed by atoms with E-state index in [1.54, 1.807) is 6.20 Å². The average molecular weight is 303 g/mol. The number of aliphatic hydroxyl groups is 2. The first-order valence-corrected chi connectivity index (χ1v) is 6.09. The average Bonchev–Trinajstić information content (AvgIpc) is 2.81. The van der Waals surface area contributed by atoms with Gasteiger partial charge < -0.3 is 25.1 Å². The molecule has 8 heteroatoms. The largest absolute Gasteiger partial charge is 0.396 e. The second kappa shape index (κ2) is 7.39. The molecule has 0 bridgehead atoms. The Morgan fingerprint density at radius 1 is 1.35 bits per heavy atom. The third-order valence-corrected chi connectivity index (χ3v) is 3.07. The van der Waals surface area contributed by atoms with E-state index in [1.807, 2.05) is 11.9 Å². The molecule has 2 rings (SSSR count). The highest BCUT2D eigenvalue weighted by atomic mass is 35.5. The van der Waals surface area contributed by atoms with Crippen LogP contribution in [0.3, 0.4) is 0 Å². The highest BCUT2D eigenvalue weighted by Gasteiger charge is 2.13. The third kappa shape index (κ3) is 3.57. The van der Waals surface area contributed by atoms with Gasteiger partial charge >= 0.3 is 0 Å². The van der Waals surface area contributed by atoms with E-state index in [0.717, 1.165) is 5.56 Å². The standard InChI is InChI=1S/C12H18N4O3.ClH/c1-16(3-8(5-17)6-18)4-9-2-13-11-10(9)14-7-15-12(11)19;/h2,7-8,13,17-18H,3-6H2,1H3,(H,14,15,19);1H. The van der Waals surface area contributed by atoms with Crippen molar-refractivity contribution in [2.45, 2.75) is 6.54 Å². The van der Waals surface area contributed by atoms with Gasteiger partial charge in [0.25, 0.3) is 5.56 Å². The molecule has 0 saturated heterocycles. The number of aliphatic hydroxyl groups excluding tert-OH is 2. The van der Waals surface area contributed by atoms with Gasteiger partial charge in [0.1, 0.15) is 5.52 Å². The molecule has 2 aromatic rings. The van der Waals surface area contributed by atoms with Gasteiger partial charge in [-0.2, -0.15) is 0 Å². The maximum absolute atomic E-state index is 11.5. The zero-order valence-corrected chi connectivity index (χ0v) is 12.0. The van der Waals surface area contributed by atoms with Gasteiger partial charge in [-0.25, -0.2) is 4.98 Å². The number of fused-ring (bicyclic) bond motifs is 1. The van der Waals surface area contributed by atoms with E-state index in [-0.39, 0.29) is 37.1 Å². The maximum atomic E-state index is 11.5. The first-order valence-electron chi connectivity index (χ1n) is 6.09. The molecule has 4 N–H and O–H groups in total. The predicted molar refractivity (Wildman–Crippen MR) is 78.0 cm³/mol. The lowest BCUT2D eigenvalue weighted by molar-refractivity contribution is 0.117. The van der Waals surface area contributed by atoms with E-state index in [2.05, 4.69) is 15.0 Å². The predicted octanol–water partition coefficient (Wildman–Crippen LogP) is -0.294. The summed E-state index contributed by atoms with van der Waals surface area (Å²) in [5.74, 6) is -0.161. The molecular formula is C12H19ClN4O3. The minimum Gasteiger partial charge on any atom is -0.396 e. The molecule has 0 aromatic carbocycles. The molecule has 0 fully saturated rings. The number of halogens is 1. The van der Waals surface area contributed by atoms with Gasteiger partial charge in [0.15, 0.2) is 0 Å². The first-order chi connectivity index (χ1) is 9.15. The Hall–Kier alpha value is -1.41. The Morgan fingerprint density at radius 2 is 2.05 bits per heavy atom. The molecule has 0 aliphatic carbocycles. The lowest BCUT2D eigenvalue weighted by Gasteiger charge is -2.20. The topological polar surface area (TPSA) is 105 Å². The van der Waals surface area contributed by atoms with Crippen molar-refractivity contribution in [3.05, 3.63) is 28.4 Å². The fraction of sp³-hybridized carbons (Fsp3) is 0.500. The van der Waals surface area contributed by atoms with Gasteiger partial charge in [-0.3, -0.25) is 4.79 Å². The van der Waals surface area contributed by atoms with E-state index >= 15 is 0 Å². The van der Waals surface area contributed by atoms with E-state index in [1.165, 1.54) is 6.33 Å². The van der Waals surface area contributed by atoms with Crippen LogP contribution in [-0.2, 0) is 6.54 Å². The van der Waals surface area contributed by atoms with Gasteiger partial charge in [-0.05, 0) is 7.05 Å². The number of aromatic amines is 2. The third-order valence-electron chi connectivity index (χ3n) is 3.07. The Balaban J connectivity index is 0.00000200. The minimum absolute atomic E-state index is 0. The molecule has 0 aliphatic rings. The lowest BCUT2D eigenvalue weighted by Crippen LogP contribution is -2.29. The molecular weight excluding hydrogens is 284 g/mol. The number of hydrogen-bond donors (Lipinski definition) is 4. The number of H-pyrrole nitrogens is 2. The van der Waals surface area contributed by atoms with Gasteiger partial charge in [0, 0.05) is 44.0 Å².